The normalized spacial score (nSPS) is 10.8. The van der Waals surface area contributed by atoms with E-state index >= 15 is 0 Å². The molecule has 3 aromatic carbocycles. The highest BCUT2D eigenvalue weighted by atomic mass is 16.5. The van der Waals surface area contributed by atoms with Crippen molar-refractivity contribution < 1.29 is 4.74 Å². The quantitative estimate of drug-likeness (QED) is 0.474. The van der Waals surface area contributed by atoms with Crippen molar-refractivity contribution >= 4 is 10.9 Å². The molecule has 0 aliphatic heterocycles. The maximum Gasteiger partial charge on any atom is 0.120 e. The van der Waals surface area contributed by atoms with Gasteiger partial charge in [0.15, 0.2) is 0 Å². The molecule has 1 heterocycles. The first-order valence-corrected chi connectivity index (χ1v) is 8.43. The number of pyridine rings is 1. The molecule has 0 saturated heterocycles. The van der Waals surface area contributed by atoms with Crippen LogP contribution in [0.5, 0.6) is 5.75 Å². The van der Waals surface area contributed by atoms with Crippen molar-refractivity contribution in [2.75, 3.05) is 0 Å². The minimum atomic E-state index is 0.562. The third-order valence-corrected chi connectivity index (χ3v) is 4.24. The van der Waals surface area contributed by atoms with Crippen LogP contribution >= 0.6 is 0 Å². The molecular weight excluding hydrogens is 306 g/mol. The fraction of sp³-hybridized carbons (Fsp3) is 0.0870. The Bertz CT molecular complexity index is 994. The summed E-state index contributed by atoms with van der Waals surface area (Å²) in [6.07, 6.45) is 0. The number of rotatable bonds is 4. The Balaban J connectivity index is 1.73. The second-order valence-electron chi connectivity index (χ2n) is 6.13. The summed E-state index contributed by atoms with van der Waals surface area (Å²) >= 11 is 0. The number of aryl methyl sites for hydroxylation is 1. The fourth-order valence-electron chi connectivity index (χ4n) is 3.02. The highest BCUT2D eigenvalue weighted by Crippen LogP contribution is 2.31. The maximum atomic E-state index is 5.99. The van der Waals surface area contributed by atoms with Gasteiger partial charge in [-0.25, -0.2) is 0 Å². The van der Waals surface area contributed by atoms with Gasteiger partial charge in [-0.2, -0.15) is 0 Å². The van der Waals surface area contributed by atoms with Crippen molar-refractivity contribution in [3.05, 3.63) is 96.2 Å². The number of fused-ring (bicyclic) bond motifs is 1. The monoisotopic (exact) mass is 325 g/mol. The summed E-state index contributed by atoms with van der Waals surface area (Å²) in [5.74, 6) is 0.860. The van der Waals surface area contributed by atoms with Crippen LogP contribution in [-0.2, 0) is 6.61 Å². The number of hydrogen-bond donors (Lipinski definition) is 0. The van der Waals surface area contributed by atoms with Crippen molar-refractivity contribution in [2.45, 2.75) is 13.5 Å². The molecule has 0 N–H and O–H groups in total. The molecule has 0 fully saturated rings. The van der Waals surface area contributed by atoms with Gasteiger partial charge < -0.3 is 4.74 Å². The first-order chi connectivity index (χ1) is 12.3. The molecule has 2 heteroatoms. The first-order valence-electron chi connectivity index (χ1n) is 8.43. The van der Waals surface area contributed by atoms with Gasteiger partial charge in [-0.3, -0.25) is 4.98 Å². The zero-order valence-electron chi connectivity index (χ0n) is 14.1. The Morgan fingerprint density at radius 2 is 1.52 bits per heavy atom. The topological polar surface area (TPSA) is 22.1 Å². The molecule has 2 nitrogen and oxygen atoms in total. The lowest BCUT2D eigenvalue weighted by Crippen LogP contribution is -1.96. The lowest BCUT2D eigenvalue weighted by atomic mass is 10.00. The first kappa shape index (κ1) is 15.4. The van der Waals surface area contributed by atoms with Crippen molar-refractivity contribution in [1.29, 1.82) is 0 Å². The van der Waals surface area contributed by atoms with Crippen LogP contribution in [0, 0.1) is 6.92 Å². The predicted octanol–water partition coefficient (Wildman–Crippen LogP) is 5.79. The summed E-state index contributed by atoms with van der Waals surface area (Å²) in [4.78, 5) is 4.67. The Morgan fingerprint density at radius 1 is 0.800 bits per heavy atom. The van der Waals surface area contributed by atoms with E-state index in [0.29, 0.717) is 6.61 Å². The number of aromatic nitrogens is 1. The third-order valence-electron chi connectivity index (χ3n) is 4.24. The molecule has 0 aliphatic rings. The molecule has 25 heavy (non-hydrogen) atoms. The van der Waals surface area contributed by atoms with Gasteiger partial charge in [-0.15, -0.1) is 0 Å². The molecule has 0 bridgehead atoms. The van der Waals surface area contributed by atoms with Crippen molar-refractivity contribution in [3.63, 3.8) is 0 Å². The molecule has 0 spiro atoms. The van der Waals surface area contributed by atoms with Gasteiger partial charge in [-0.05, 0) is 47.9 Å². The molecule has 4 rings (SSSR count). The molecule has 4 aromatic rings. The molecule has 0 aliphatic carbocycles. The van der Waals surface area contributed by atoms with Crippen LogP contribution in [0.15, 0.2) is 84.9 Å². The number of hydrogen-bond acceptors (Lipinski definition) is 2. The van der Waals surface area contributed by atoms with Gasteiger partial charge in [0.2, 0.25) is 0 Å². The zero-order valence-corrected chi connectivity index (χ0v) is 14.1. The van der Waals surface area contributed by atoms with Gasteiger partial charge >= 0.3 is 0 Å². The average molecular weight is 325 g/mol. The summed E-state index contributed by atoms with van der Waals surface area (Å²) in [5.41, 5.74) is 5.55. The van der Waals surface area contributed by atoms with Crippen LogP contribution in [0.1, 0.15) is 11.3 Å². The molecule has 0 amide bonds. The standard InChI is InChI=1S/C23H19NO/c1-17-14-21(19-10-6-3-7-11-19)22-15-20(12-13-23(22)24-17)25-16-18-8-4-2-5-9-18/h2-15H,16H2,1H3. The largest absolute Gasteiger partial charge is 0.489 e. The van der Waals surface area contributed by atoms with Gasteiger partial charge in [0.05, 0.1) is 5.52 Å². The summed E-state index contributed by atoms with van der Waals surface area (Å²) < 4.78 is 5.99. The van der Waals surface area contributed by atoms with E-state index in [1.165, 1.54) is 11.1 Å². The minimum Gasteiger partial charge on any atom is -0.489 e. The lowest BCUT2D eigenvalue weighted by molar-refractivity contribution is 0.306. The van der Waals surface area contributed by atoms with Gasteiger partial charge in [0.1, 0.15) is 12.4 Å². The second-order valence-corrected chi connectivity index (χ2v) is 6.13. The lowest BCUT2D eigenvalue weighted by Gasteiger charge is -2.11. The van der Waals surface area contributed by atoms with E-state index in [1.807, 2.05) is 43.3 Å². The van der Waals surface area contributed by atoms with Crippen LogP contribution in [0.3, 0.4) is 0 Å². The van der Waals surface area contributed by atoms with E-state index < -0.39 is 0 Å². The Hall–Kier alpha value is -3.13. The van der Waals surface area contributed by atoms with Crippen molar-refractivity contribution in [3.8, 4) is 16.9 Å². The smallest absolute Gasteiger partial charge is 0.120 e. The number of nitrogens with zero attached hydrogens (tertiary/aromatic N) is 1. The minimum absolute atomic E-state index is 0.562. The van der Waals surface area contributed by atoms with E-state index in [4.69, 9.17) is 4.74 Å². The summed E-state index contributed by atoms with van der Waals surface area (Å²) in [5, 5.41) is 1.11. The molecule has 122 valence electrons. The van der Waals surface area contributed by atoms with E-state index in [2.05, 4.69) is 53.5 Å². The number of ether oxygens (including phenoxy) is 1. The van der Waals surface area contributed by atoms with Crippen LogP contribution < -0.4 is 4.74 Å². The van der Waals surface area contributed by atoms with E-state index in [1.54, 1.807) is 0 Å². The fourth-order valence-corrected chi connectivity index (χ4v) is 3.02. The summed E-state index contributed by atoms with van der Waals surface area (Å²) in [6.45, 7) is 2.60. The molecule has 0 saturated carbocycles. The summed E-state index contributed by atoms with van der Waals surface area (Å²) in [7, 11) is 0. The van der Waals surface area contributed by atoms with Gasteiger partial charge in [0, 0.05) is 11.1 Å². The molecule has 1 aromatic heterocycles. The van der Waals surface area contributed by atoms with Crippen LogP contribution in [0.4, 0.5) is 0 Å². The van der Waals surface area contributed by atoms with E-state index in [0.717, 1.165) is 27.9 Å². The molecular formula is C23H19NO. The van der Waals surface area contributed by atoms with Crippen LogP contribution in [0.25, 0.3) is 22.0 Å². The van der Waals surface area contributed by atoms with Gasteiger partial charge in [0.25, 0.3) is 0 Å². The molecule has 0 atom stereocenters. The molecule has 0 unspecified atom stereocenters. The predicted molar refractivity (Wildman–Crippen MR) is 103 cm³/mol. The van der Waals surface area contributed by atoms with E-state index in [9.17, 15) is 0 Å². The van der Waals surface area contributed by atoms with E-state index in [-0.39, 0.29) is 0 Å². The second kappa shape index (κ2) is 6.78. The Kier molecular flexibility index (Phi) is 4.17. The van der Waals surface area contributed by atoms with Crippen LogP contribution in [0.2, 0.25) is 0 Å². The van der Waals surface area contributed by atoms with Crippen LogP contribution in [-0.4, -0.2) is 4.98 Å². The Morgan fingerprint density at radius 3 is 2.28 bits per heavy atom. The maximum absolute atomic E-state index is 5.99. The van der Waals surface area contributed by atoms with Crippen molar-refractivity contribution in [2.24, 2.45) is 0 Å². The highest BCUT2D eigenvalue weighted by molar-refractivity contribution is 5.95. The van der Waals surface area contributed by atoms with Crippen molar-refractivity contribution in [1.82, 2.24) is 4.98 Å². The highest BCUT2D eigenvalue weighted by Gasteiger charge is 2.08. The Labute approximate surface area is 147 Å². The third kappa shape index (κ3) is 3.38. The average Bonchev–Trinajstić information content (AvgIpc) is 2.67. The SMILES string of the molecule is Cc1cc(-c2ccccc2)c2cc(OCc3ccccc3)ccc2n1. The number of benzene rings is 3. The zero-order chi connectivity index (χ0) is 17.1. The van der Waals surface area contributed by atoms with Gasteiger partial charge in [-0.1, -0.05) is 60.7 Å². The summed E-state index contributed by atoms with van der Waals surface area (Å²) in [6, 6.07) is 28.9. The molecule has 0 radical (unpaired) electrons.